The van der Waals surface area contributed by atoms with E-state index in [0.717, 1.165) is 5.56 Å². The minimum atomic E-state index is -0.185. The molecule has 0 amide bonds. The molecule has 1 aromatic rings. The number of rotatable bonds is 4. The third-order valence-electron chi connectivity index (χ3n) is 2.35. The lowest BCUT2D eigenvalue weighted by Crippen LogP contribution is -2.08. The topological polar surface area (TPSA) is 50.1 Å². The van der Waals surface area contributed by atoms with Crippen molar-refractivity contribution in [2.24, 2.45) is 5.92 Å². The summed E-state index contributed by atoms with van der Waals surface area (Å²) in [5.41, 5.74) is 0.894. The Bertz CT molecular complexity index is 481. The van der Waals surface area contributed by atoms with Crippen molar-refractivity contribution in [2.45, 2.75) is 13.8 Å². The van der Waals surface area contributed by atoms with Crippen molar-refractivity contribution in [3.63, 3.8) is 0 Å². The Balaban J connectivity index is 3.16. The summed E-state index contributed by atoms with van der Waals surface area (Å²) in [6.07, 6.45) is 1.57. The van der Waals surface area contributed by atoms with Crippen LogP contribution < -0.4 is 4.74 Å². The van der Waals surface area contributed by atoms with Gasteiger partial charge in [-0.2, -0.15) is 5.26 Å². The molecule has 1 rings (SSSR count). The van der Waals surface area contributed by atoms with Crippen molar-refractivity contribution in [3.8, 4) is 11.8 Å². The monoisotopic (exact) mass is 229 g/mol. The van der Waals surface area contributed by atoms with Crippen LogP contribution in [0.3, 0.4) is 0 Å². The quantitative estimate of drug-likeness (QED) is 0.589. The van der Waals surface area contributed by atoms with Gasteiger partial charge in [0.25, 0.3) is 0 Å². The van der Waals surface area contributed by atoms with Crippen molar-refractivity contribution >= 4 is 11.9 Å². The number of para-hydroxylation sites is 1. The zero-order valence-electron chi connectivity index (χ0n) is 10.2. The van der Waals surface area contributed by atoms with E-state index < -0.39 is 0 Å². The Morgan fingerprint density at radius 3 is 2.59 bits per heavy atom. The van der Waals surface area contributed by atoms with Gasteiger partial charge in [-0.15, -0.1) is 0 Å². The lowest BCUT2D eigenvalue weighted by Gasteiger charge is -2.05. The number of ketones is 1. The van der Waals surface area contributed by atoms with Gasteiger partial charge in [0.05, 0.1) is 12.7 Å². The molecule has 0 atom stereocenters. The predicted octanol–water partition coefficient (Wildman–Crippen LogP) is 2.83. The van der Waals surface area contributed by atoms with Gasteiger partial charge in [0.15, 0.2) is 5.78 Å². The standard InChI is InChI=1S/C14H15NO2/c1-10(2)14(16)12(9-15)8-11-6-4-5-7-13(11)17-3/h4-8,10H,1-3H3/b12-8+. The van der Waals surface area contributed by atoms with Crippen LogP contribution in [0.1, 0.15) is 19.4 Å². The van der Waals surface area contributed by atoms with E-state index in [1.165, 1.54) is 0 Å². The molecule has 3 nitrogen and oxygen atoms in total. The molecule has 0 heterocycles. The molecular formula is C14H15NO2. The number of hydrogen-bond acceptors (Lipinski definition) is 3. The molecule has 0 aromatic heterocycles. The molecule has 0 fully saturated rings. The molecule has 0 radical (unpaired) electrons. The lowest BCUT2D eigenvalue weighted by molar-refractivity contribution is -0.117. The maximum Gasteiger partial charge on any atom is 0.175 e. The fraction of sp³-hybridized carbons (Fsp3) is 0.286. The first-order chi connectivity index (χ1) is 8.10. The minimum absolute atomic E-state index is 0.154. The van der Waals surface area contributed by atoms with Gasteiger partial charge in [-0.25, -0.2) is 0 Å². The molecule has 0 bridgehead atoms. The molecule has 1 aromatic carbocycles. The fourth-order valence-corrected chi connectivity index (χ4v) is 1.41. The number of methoxy groups -OCH3 is 1. The normalized spacial score (nSPS) is 11.1. The van der Waals surface area contributed by atoms with E-state index in [2.05, 4.69) is 0 Å². The van der Waals surface area contributed by atoms with Crippen molar-refractivity contribution in [1.82, 2.24) is 0 Å². The average molecular weight is 229 g/mol. The molecule has 0 aliphatic heterocycles. The Hall–Kier alpha value is -2.08. The van der Waals surface area contributed by atoms with E-state index in [-0.39, 0.29) is 17.3 Å². The summed E-state index contributed by atoms with van der Waals surface area (Å²) in [6.45, 7) is 3.55. The van der Waals surface area contributed by atoms with Gasteiger partial charge in [0.1, 0.15) is 11.8 Å². The third kappa shape index (κ3) is 3.18. The molecule has 88 valence electrons. The number of nitrogens with zero attached hydrogens (tertiary/aromatic N) is 1. The summed E-state index contributed by atoms with van der Waals surface area (Å²) in [7, 11) is 1.56. The molecule has 0 N–H and O–H groups in total. The molecule has 0 aliphatic carbocycles. The summed E-state index contributed by atoms with van der Waals surface area (Å²) in [6, 6.07) is 9.22. The predicted molar refractivity (Wildman–Crippen MR) is 66.4 cm³/mol. The number of carbonyl (C=O) groups excluding carboxylic acids is 1. The van der Waals surface area contributed by atoms with Crippen LogP contribution in [0.2, 0.25) is 0 Å². The number of nitriles is 1. The lowest BCUT2D eigenvalue weighted by atomic mass is 10.00. The van der Waals surface area contributed by atoms with E-state index in [4.69, 9.17) is 10.00 Å². The van der Waals surface area contributed by atoms with Gasteiger partial charge in [0.2, 0.25) is 0 Å². The maximum absolute atomic E-state index is 11.7. The first-order valence-corrected chi connectivity index (χ1v) is 5.39. The number of allylic oxidation sites excluding steroid dienone is 1. The van der Waals surface area contributed by atoms with Crippen LogP contribution in [-0.2, 0) is 4.79 Å². The largest absolute Gasteiger partial charge is 0.496 e. The van der Waals surface area contributed by atoms with Crippen molar-refractivity contribution in [3.05, 3.63) is 35.4 Å². The van der Waals surface area contributed by atoms with Crippen LogP contribution in [-0.4, -0.2) is 12.9 Å². The van der Waals surface area contributed by atoms with E-state index in [9.17, 15) is 4.79 Å². The van der Waals surface area contributed by atoms with Gasteiger partial charge < -0.3 is 4.74 Å². The molecular weight excluding hydrogens is 214 g/mol. The maximum atomic E-state index is 11.7. The van der Waals surface area contributed by atoms with Gasteiger partial charge in [-0.3, -0.25) is 4.79 Å². The van der Waals surface area contributed by atoms with Gasteiger partial charge in [-0.1, -0.05) is 32.0 Å². The van der Waals surface area contributed by atoms with Gasteiger partial charge in [0, 0.05) is 11.5 Å². The van der Waals surface area contributed by atoms with Crippen LogP contribution in [0.25, 0.3) is 6.08 Å². The van der Waals surface area contributed by atoms with Crippen LogP contribution in [0.15, 0.2) is 29.8 Å². The first-order valence-electron chi connectivity index (χ1n) is 5.39. The molecule has 0 unspecified atom stereocenters. The molecule has 0 saturated carbocycles. The highest BCUT2D eigenvalue weighted by atomic mass is 16.5. The summed E-state index contributed by atoms with van der Waals surface area (Å²) in [5.74, 6) is 0.311. The first kappa shape index (κ1) is 13.0. The number of carbonyl (C=O) groups is 1. The molecule has 17 heavy (non-hydrogen) atoms. The van der Waals surface area contributed by atoms with Gasteiger partial charge in [-0.05, 0) is 12.1 Å². The van der Waals surface area contributed by atoms with Crippen LogP contribution in [0, 0.1) is 17.2 Å². The second kappa shape index (κ2) is 5.86. The zero-order chi connectivity index (χ0) is 12.8. The molecule has 0 aliphatic rings. The van der Waals surface area contributed by atoms with Crippen molar-refractivity contribution < 1.29 is 9.53 Å². The fourth-order valence-electron chi connectivity index (χ4n) is 1.41. The van der Waals surface area contributed by atoms with Crippen molar-refractivity contribution in [2.75, 3.05) is 7.11 Å². The number of hydrogen-bond donors (Lipinski definition) is 0. The summed E-state index contributed by atoms with van der Waals surface area (Å²) < 4.78 is 5.17. The van der Waals surface area contributed by atoms with E-state index >= 15 is 0 Å². The van der Waals surface area contributed by atoms with E-state index in [1.807, 2.05) is 24.3 Å². The highest BCUT2D eigenvalue weighted by Crippen LogP contribution is 2.21. The van der Waals surface area contributed by atoms with Crippen LogP contribution in [0.5, 0.6) is 5.75 Å². The Kier molecular flexibility index (Phi) is 4.47. The summed E-state index contributed by atoms with van der Waals surface area (Å²) in [5, 5.41) is 8.99. The second-order valence-electron chi connectivity index (χ2n) is 3.93. The molecule has 0 spiro atoms. The Labute approximate surface area is 101 Å². The number of Topliss-reactive ketones (excluding diaryl/α,β-unsaturated/α-hetero) is 1. The Morgan fingerprint density at radius 1 is 1.41 bits per heavy atom. The highest BCUT2D eigenvalue weighted by Gasteiger charge is 2.13. The zero-order valence-corrected chi connectivity index (χ0v) is 10.2. The van der Waals surface area contributed by atoms with Gasteiger partial charge >= 0.3 is 0 Å². The smallest absolute Gasteiger partial charge is 0.175 e. The average Bonchev–Trinajstić information content (AvgIpc) is 2.35. The molecule has 0 saturated heterocycles. The van der Waals surface area contributed by atoms with Crippen LogP contribution >= 0.6 is 0 Å². The Morgan fingerprint density at radius 2 is 2.06 bits per heavy atom. The summed E-state index contributed by atoms with van der Waals surface area (Å²) >= 11 is 0. The van der Waals surface area contributed by atoms with E-state index in [0.29, 0.717) is 5.75 Å². The highest BCUT2D eigenvalue weighted by molar-refractivity contribution is 6.04. The van der Waals surface area contributed by atoms with Crippen molar-refractivity contribution in [1.29, 1.82) is 5.26 Å². The third-order valence-corrected chi connectivity index (χ3v) is 2.35. The summed E-state index contributed by atoms with van der Waals surface area (Å²) in [4.78, 5) is 11.7. The van der Waals surface area contributed by atoms with E-state index in [1.54, 1.807) is 33.1 Å². The SMILES string of the molecule is COc1ccccc1/C=C(\C#N)C(=O)C(C)C. The minimum Gasteiger partial charge on any atom is -0.496 e. The van der Waals surface area contributed by atoms with Crippen LogP contribution in [0.4, 0.5) is 0 Å². The number of benzene rings is 1. The second-order valence-corrected chi connectivity index (χ2v) is 3.93. The number of ether oxygens (including phenoxy) is 1. The molecule has 3 heteroatoms.